The largest absolute Gasteiger partial charge is 0.506 e. The summed E-state index contributed by atoms with van der Waals surface area (Å²) >= 11 is 0. The number of phenolic OH excluding ortho intramolecular Hbond substituents is 1. The summed E-state index contributed by atoms with van der Waals surface area (Å²) in [6.07, 6.45) is 3.12. The molecular weight excluding hydrogens is 550 g/mol. The fourth-order valence-corrected chi connectivity index (χ4v) is 5.46. The first-order chi connectivity index (χ1) is 21.0. The molecule has 13 heteroatoms. The smallest absolute Gasteiger partial charge is 0.284 e. The van der Waals surface area contributed by atoms with Gasteiger partial charge in [0, 0.05) is 62.8 Å². The van der Waals surface area contributed by atoms with Crippen molar-refractivity contribution in [1.29, 1.82) is 0 Å². The van der Waals surface area contributed by atoms with Crippen LogP contribution in [0.15, 0.2) is 77.9 Å². The Morgan fingerprint density at radius 1 is 0.977 bits per heavy atom. The monoisotopic (exact) mass is 577 g/mol. The van der Waals surface area contributed by atoms with E-state index >= 15 is 0 Å². The quantitative estimate of drug-likeness (QED) is 0.303. The van der Waals surface area contributed by atoms with Crippen LogP contribution in [0.5, 0.6) is 5.75 Å². The van der Waals surface area contributed by atoms with Crippen LogP contribution in [0.4, 0.5) is 17.3 Å². The molecule has 0 aliphatic carbocycles. The summed E-state index contributed by atoms with van der Waals surface area (Å²) in [5, 5.41) is 15.0. The van der Waals surface area contributed by atoms with Crippen LogP contribution < -0.4 is 15.8 Å². The number of nitrogens with zero attached hydrogens (tertiary/aromatic N) is 8. The molecule has 0 radical (unpaired) electrons. The van der Waals surface area contributed by atoms with Crippen LogP contribution in [0.2, 0.25) is 0 Å². The Morgan fingerprint density at radius 2 is 1.79 bits per heavy atom. The number of aromatic nitrogens is 6. The number of anilines is 3. The number of ether oxygens (including phenoxy) is 1. The molecule has 0 atom stereocenters. The zero-order valence-electron chi connectivity index (χ0n) is 23.2. The number of benzene rings is 2. The molecule has 1 aliphatic rings. The van der Waals surface area contributed by atoms with Crippen molar-refractivity contribution in [3.8, 4) is 11.6 Å². The molecule has 1 amide bonds. The summed E-state index contributed by atoms with van der Waals surface area (Å²) in [4.78, 5) is 47.8. The molecule has 0 saturated carbocycles. The predicted molar refractivity (Wildman–Crippen MR) is 161 cm³/mol. The Hall–Kier alpha value is -5.56. The number of carbonyl (C=O) groups is 1. The third-order valence-corrected chi connectivity index (χ3v) is 7.52. The Balaban J connectivity index is 1.19. The lowest BCUT2D eigenvalue weighted by molar-refractivity contribution is -0.135. The molecule has 0 bridgehead atoms. The highest BCUT2D eigenvalue weighted by Crippen LogP contribution is 2.32. The van der Waals surface area contributed by atoms with Gasteiger partial charge in [0.2, 0.25) is 11.9 Å². The van der Waals surface area contributed by atoms with Crippen LogP contribution in [-0.4, -0.2) is 84.9 Å². The van der Waals surface area contributed by atoms with Crippen molar-refractivity contribution in [3.63, 3.8) is 0 Å². The molecule has 0 unspecified atom stereocenters. The lowest BCUT2D eigenvalue weighted by Crippen LogP contribution is -2.49. The highest BCUT2D eigenvalue weighted by atomic mass is 16.5. The molecule has 6 aromatic rings. The molecule has 2 aromatic carbocycles. The first-order valence-electron chi connectivity index (χ1n) is 13.7. The maximum atomic E-state index is 13.8. The minimum atomic E-state index is -0.320. The zero-order valence-corrected chi connectivity index (χ0v) is 23.2. The summed E-state index contributed by atoms with van der Waals surface area (Å²) in [6, 6.07) is 18.3. The van der Waals surface area contributed by atoms with Gasteiger partial charge in [-0.25, -0.2) is 19.6 Å². The fraction of sp³-hybridized carbons (Fsp3) is 0.200. The van der Waals surface area contributed by atoms with Crippen molar-refractivity contribution in [1.82, 2.24) is 34.0 Å². The predicted octanol–water partition coefficient (Wildman–Crippen LogP) is 2.72. The van der Waals surface area contributed by atoms with E-state index in [2.05, 4.69) is 20.3 Å². The van der Waals surface area contributed by atoms with Gasteiger partial charge in [-0.2, -0.15) is 9.50 Å². The van der Waals surface area contributed by atoms with Gasteiger partial charge in [-0.15, -0.1) is 0 Å². The van der Waals surface area contributed by atoms with Crippen molar-refractivity contribution < 1.29 is 14.6 Å². The normalized spacial score (nSPS) is 13.7. The van der Waals surface area contributed by atoms with E-state index in [0.29, 0.717) is 49.0 Å². The standard InChI is InChI=1S/C30H27N9O4/c1-43-18-26(41)37-14-12-36(13-15-37)23-10-9-19(16-24(23)40)33-30-32-17-21-27(35-30)34-28-20-6-2-3-7-22(20)38(39(28)29(21)42)25-8-4-5-11-31-25/h2-11,16-17,40H,12-15,18H2,1H3,(H,32,33,35). The highest BCUT2D eigenvalue weighted by Gasteiger charge is 2.23. The maximum Gasteiger partial charge on any atom is 0.284 e. The van der Waals surface area contributed by atoms with E-state index in [0.717, 1.165) is 10.9 Å². The van der Waals surface area contributed by atoms with Gasteiger partial charge in [0.25, 0.3) is 5.56 Å². The highest BCUT2D eigenvalue weighted by molar-refractivity contribution is 5.95. The van der Waals surface area contributed by atoms with E-state index in [1.165, 1.54) is 17.8 Å². The second kappa shape index (κ2) is 10.7. The van der Waals surface area contributed by atoms with Gasteiger partial charge in [-0.1, -0.05) is 18.2 Å². The van der Waals surface area contributed by atoms with E-state index in [9.17, 15) is 14.7 Å². The Bertz CT molecular complexity index is 2050. The fourth-order valence-electron chi connectivity index (χ4n) is 5.46. The topological polar surface area (TPSA) is 143 Å². The third-order valence-electron chi connectivity index (χ3n) is 7.52. The van der Waals surface area contributed by atoms with E-state index in [1.807, 2.05) is 59.5 Å². The number of hydrogen-bond donors (Lipinski definition) is 2. The number of carbonyl (C=O) groups excluding carboxylic acids is 1. The van der Waals surface area contributed by atoms with Crippen molar-refractivity contribution >= 4 is 50.8 Å². The average Bonchev–Trinajstić information content (AvgIpc) is 3.36. The number of fused-ring (bicyclic) bond motifs is 4. The van der Waals surface area contributed by atoms with Gasteiger partial charge in [0.1, 0.15) is 17.7 Å². The number of phenols is 1. The molecule has 1 fully saturated rings. The second-order valence-electron chi connectivity index (χ2n) is 10.1. The maximum absolute atomic E-state index is 13.8. The number of nitrogens with one attached hydrogen (secondary N) is 1. The molecule has 1 aliphatic heterocycles. The van der Waals surface area contributed by atoms with Crippen LogP contribution in [0.1, 0.15) is 0 Å². The number of pyridine rings is 1. The Morgan fingerprint density at radius 3 is 2.56 bits per heavy atom. The van der Waals surface area contributed by atoms with Gasteiger partial charge >= 0.3 is 0 Å². The van der Waals surface area contributed by atoms with Crippen molar-refractivity contribution in [2.24, 2.45) is 0 Å². The molecule has 7 rings (SSSR count). The average molecular weight is 578 g/mol. The molecule has 1 saturated heterocycles. The number of piperazine rings is 1. The third kappa shape index (κ3) is 4.65. The Labute approximate surface area is 244 Å². The van der Waals surface area contributed by atoms with E-state index in [1.54, 1.807) is 21.8 Å². The van der Waals surface area contributed by atoms with Crippen LogP contribution in [0, 0.1) is 0 Å². The van der Waals surface area contributed by atoms with E-state index in [4.69, 9.17) is 9.72 Å². The first kappa shape index (κ1) is 26.3. The van der Waals surface area contributed by atoms with Crippen molar-refractivity contribution in [2.75, 3.05) is 50.1 Å². The van der Waals surface area contributed by atoms with Gasteiger partial charge in [0.15, 0.2) is 17.1 Å². The lowest BCUT2D eigenvalue weighted by atomic mass is 10.2. The van der Waals surface area contributed by atoms with Gasteiger partial charge in [-0.3, -0.25) is 9.59 Å². The summed E-state index contributed by atoms with van der Waals surface area (Å²) in [5.41, 5.74) is 2.40. The molecule has 5 heterocycles. The van der Waals surface area contributed by atoms with E-state index < -0.39 is 0 Å². The number of para-hydroxylation sites is 1. The minimum absolute atomic E-state index is 0.0434. The number of hydrogen-bond acceptors (Lipinski definition) is 10. The molecule has 43 heavy (non-hydrogen) atoms. The second-order valence-corrected chi connectivity index (χ2v) is 10.1. The minimum Gasteiger partial charge on any atom is -0.506 e. The van der Waals surface area contributed by atoms with Gasteiger partial charge < -0.3 is 25.0 Å². The molecule has 13 nitrogen and oxygen atoms in total. The molecular formula is C30H27N9O4. The molecule has 0 spiro atoms. The number of rotatable bonds is 6. The number of amides is 1. The van der Waals surface area contributed by atoms with Crippen LogP contribution >= 0.6 is 0 Å². The first-order valence-corrected chi connectivity index (χ1v) is 13.7. The van der Waals surface area contributed by atoms with Gasteiger partial charge in [-0.05, 0) is 36.4 Å². The SMILES string of the molecule is COCC(=O)N1CCN(c2ccc(Nc3ncc4c(=O)n5c(nc4n3)c3ccccc3n5-c3ccccn3)cc2O)CC1. The lowest BCUT2D eigenvalue weighted by Gasteiger charge is -2.36. The molecule has 2 N–H and O–H groups in total. The summed E-state index contributed by atoms with van der Waals surface area (Å²) in [7, 11) is 1.50. The molecule has 4 aromatic heterocycles. The zero-order chi connectivity index (χ0) is 29.5. The molecule has 216 valence electrons. The van der Waals surface area contributed by atoms with Crippen molar-refractivity contribution in [3.05, 3.63) is 83.4 Å². The van der Waals surface area contributed by atoms with E-state index in [-0.39, 0.29) is 40.8 Å². The number of methoxy groups -OCH3 is 1. The van der Waals surface area contributed by atoms with Crippen molar-refractivity contribution in [2.45, 2.75) is 0 Å². The Kier molecular flexibility index (Phi) is 6.55. The van der Waals surface area contributed by atoms with Crippen LogP contribution in [-0.2, 0) is 9.53 Å². The van der Waals surface area contributed by atoms with Crippen LogP contribution in [0.3, 0.4) is 0 Å². The van der Waals surface area contributed by atoms with Gasteiger partial charge in [0.05, 0.1) is 11.2 Å². The summed E-state index contributed by atoms with van der Waals surface area (Å²) < 4.78 is 8.19. The van der Waals surface area contributed by atoms with Crippen LogP contribution in [0.25, 0.3) is 33.4 Å². The number of aromatic hydroxyl groups is 1. The summed E-state index contributed by atoms with van der Waals surface area (Å²) in [6.45, 7) is 2.35. The summed E-state index contributed by atoms with van der Waals surface area (Å²) in [5.74, 6) is 0.858.